The molecule has 0 spiro atoms. The number of aromatic nitrogens is 5. The van der Waals surface area contributed by atoms with Crippen molar-refractivity contribution in [1.82, 2.24) is 25.6 Å². The lowest BCUT2D eigenvalue weighted by Crippen LogP contribution is -2.03. The fourth-order valence-corrected chi connectivity index (χ4v) is 3.41. The minimum atomic E-state index is 0.441. The molecule has 0 saturated carbocycles. The number of rotatable bonds is 7. The summed E-state index contributed by atoms with van der Waals surface area (Å²) < 4.78 is 11.6. The lowest BCUT2D eigenvalue weighted by molar-refractivity contribution is 0.282. The first-order valence-electron chi connectivity index (χ1n) is 9.79. The van der Waals surface area contributed by atoms with Crippen LogP contribution in [-0.2, 0) is 13.0 Å². The zero-order valence-electron chi connectivity index (χ0n) is 17.2. The number of aryl methyl sites for hydroxylation is 2. The molecule has 152 valence electrons. The van der Waals surface area contributed by atoms with Gasteiger partial charge in [0.05, 0.1) is 12.8 Å². The summed E-state index contributed by atoms with van der Waals surface area (Å²) >= 11 is 0. The highest BCUT2D eigenvalue weighted by Crippen LogP contribution is 2.33. The number of H-pyrrole nitrogens is 1. The molecule has 0 unspecified atom stereocenters. The van der Waals surface area contributed by atoms with Crippen LogP contribution in [0.4, 0.5) is 0 Å². The van der Waals surface area contributed by atoms with Gasteiger partial charge in [-0.25, -0.2) is 5.10 Å². The predicted octanol–water partition coefficient (Wildman–Crippen LogP) is 4.39. The number of ether oxygens (including phenoxy) is 2. The van der Waals surface area contributed by atoms with Crippen LogP contribution in [0.5, 0.6) is 11.5 Å². The Morgan fingerprint density at radius 3 is 2.43 bits per heavy atom. The Morgan fingerprint density at radius 2 is 1.77 bits per heavy atom. The highest BCUT2D eigenvalue weighted by Gasteiger charge is 2.13. The van der Waals surface area contributed by atoms with Gasteiger partial charge in [0.1, 0.15) is 6.61 Å². The predicted molar refractivity (Wildman–Crippen MR) is 114 cm³/mol. The van der Waals surface area contributed by atoms with Crippen molar-refractivity contribution >= 4 is 0 Å². The molecular weight excluding hydrogens is 378 g/mol. The zero-order valence-corrected chi connectivity index (χ0v) is 17.2. The average Bonchev–Trinajstić information content (AvgIpc) is 3.32. The van der Waals surface area contributed by atoms with E-state index in [4.69, 9.17) is 9.47 Å². The quantitative estimate of drug-likeness (QED) is 0.494. The van der Waals surface area contributed by atoms with Crippen molar-refractivity contribution < 1.29 is 9.47 Å². The number of benzene rings is 2. The van der Waals surface area contributed by atoms with Crippen LogP contribution in [0.3, 0.4) is 0 Å². The van der Waals surface area contributed by atoms with E-state index >= 15 is 0 Å². The fraction of sp³-hybridized carbons (Fsp3) is 0.217. The van der Waals surface area contributed by atoms with E-state index in [0.29, 0.717) is 23.9 Å². The topological polar surface area (TPSA) is 85.8 Å². The average molecular weight is 401 g/mol. The molecule has 2 aromatic heterocycles. The molecule has 4 rings (SSSR count). The number of nitrogens with one attached hydrogen (secondary N) is 1. The van der Waals surface area contributed by atoms with Crippen molar-refractivity contribution in [3.05, 3.63) is 71.5 Å². The molecule has 0 atom stereocenters. The SMILES string of the molecule is CCc1nc(C)cc(OCc2ccc(-c3ccccc3-c3nnn[nH]3)cc2)c1OC. The molecule has 0 aliphatic carbocycles. The number of tetrazole rings is 1. The van der Waals surface area contributed by atoms with Crippen LogP contribution in [0.2, 0.25) is 0 Å². The van der Waals surface area contributed by atoms with Gasteiger partial charge in [-0.05, 0) is 40.5 Å². The molecule has 0 bridgehead atoms. The Hall–Kier alpha value is -3.74. The summed E-state index contributed by atoms with van der Waals surface area (Å²) in [7, 11) is 1.65. The minimum absolute atomic E-state index is 0.441. The third-order valence-electron chi connectivity index (χ3n) is 4.86. The monoisotopic (exact) mass is 401 g/mol. The molecule has 7 nitrogen and oxygen atoms in total. The minimum Gasteiger partial charge on any atom is -0.491 e. The standard InChI is InChI=1S/C23H23N5O2/c1-4-20-22(29-3)21(13-15(2)24-20)30-14-16-9-11-17(12-10-16)18-7-5-6-8-19(18)23-25-27-28-26-23/h5-13H,4,14H2,1-3H3,(H,25,26,27,28). The van der Waals surface area contributed by atoms with Crippen LogP contribution in [0.15, 0.2) is 54.6 Å². The molecule has 0 radical (unpaired) electrons. The lowest BCUT2D eigenvalue weighted by atomic mass is 9.98. The molecule has 4 aromatic rings. The molecule has 30 heavy (non-hydrogen) atoms. The molecule has 0 aliphatic rings. The van der Waals surface area contributed by atoms with Crippen molar-refractivity contribution in [2.45, 2.75) is 26.9 Å². The van der Waals surface area contributed by atoms with Gasteiger partial charge in [-0.3, -0.25) is 4.98 Å². The van der Waals surface area contributed by atoms with E-state index in [9.17, 15) is 0 Å². The van der Waals surface area contributed by atoms with Gasteiger partial charge in [0.15, 0.2) is 17.3 Å². The maximum atomic E-state index is 6.07. The molecular formula is C23H23N5O2. The van der Waals surface area contributed by atoms with Gasteiger partial charge in [0.25, 0.3) is 0 Å². The molecule has 0 amide bonds. The third kappa shape index (κ3) is 4.00. The van der Waals surface area contributed by atoms with E-state index in [1.54, 1.807) is 7.11 Å². The normalized spacial score (nSPS) is 10.8. The van der Waals surface area contributed by atoms with Crippen molar-refractivity contribution in [1.29, 1.82) is 0 Å². The number of hydrogen-bond donors (Lipinski definition) is 1. The number of pyridine rings is 1. The first kappa shape index (κ1) is 19.6. The van der Waals surface area contributed by atoms with Crippen molar-refractivity contribution in [3.63, 3.8) is 0 Å². The van der Waals surface area contributed by atoms with Crippen LogP contribution >= 0.6 is 0 Å². The highest BCUT2D eigenvalue weighted by atomic mass is 16.5. The second kappa shape index (κ2) is 8.73. The zero-order chi connectivity index (χ0) is 20.9. The Kier molecular flexibility index (Phi) is 5.70. The molecule has 2 aromatic carbocycles. The van der Waals surface area contributed by atoms with Crippen LogP contribution in [0.25, 0.3) is 22.5 Å². The second-order valence-corrected chi connectivity index (χ2v) is 6.88. The van der Waals surface area contributed by atoms with Crippen LogP contribution in [0, 0.1) is 6.92 Å². The summed E-state index contributed by atoms with van der Waals surface area (Å²) in [6.45, 7) is 4.46. The third-order valence-corrected chi connectivity index (χ3v) is 4.86. The summed E-state index contributed by atoms with van der Waals surface area (Å²) in [6.07, 6.45) is 0.788. The first-order chi connectivity index (χ1) is 14.7. The second-order valence-electron chi connectivity index (χ2n) is 6.88. The van der Waals surface area contributed by atoms with Crippen LogP contribution in [-0.4, -0.2) is 32.7 Å². The summed E-state index contributed by atoms with van der Waals surface area (Å²) in [5.74, 6) is 2.06. The van der Waals surface area contributed by atoms with Crippen molar-refractivity contribution in [2.75, 3.05) is 7.11 Å². The van der Waals surface area contributed by atoms with E-state index < -0.39 is 0 Å². The lowest BCUT2D eigenvalue weighted by Gasteiger charge is -2.14. The Morgan fingerprint density at radius 1 is 1.00 bits per heavy atom. The van der Waals surface area contributed by atoms with E-state index in [1.807, 2.05) is 31.2 Å². The highest BCUT2D eigenvalue weighted by molar-refractivity contribution is 5.80. The van der Waals surface area contributed by atoms with Gasteiger partial charge in [-0.1, -0.05) is 55.5 Å². The van der Waals surface area contributed by atoms with Gasteiger partial charge in [0, 0.05) is 17.3 Å². The Balaban J connectivity index is 1.55. The molecule has 7 heteroatoms. The Labute approximate surface area is 175 Å². The number of hydrogen-bond acceptors (Lipinski definition) is 6. The maximum absolute atomic E-state index is 6.07. The number of aromatic amines is 1. The molecule has 0 fully saturated rings. The van der Waals surface area contributed by atoms with Crippen LogP contribution in [0.1, 0.15) is 23.9 Å². The number of methoxy groups -OCH3 is 1. The van der Waals surface area contributed by atoms with Gasteiger partial charge < -0.3 is 9.47 Å². The summed E-state index contributed by atoms with van der Waals surface area (Å²) in [5, 5.41) is 14.2. The van der Waals surface area contributed by atoms with Gasteiger partial charge >= 0.3 is 0 Å². The molecule has 0 saturated heterocycles. The van der Waals surface area contributed by atoms with Gasteiger partial charge in [0.2, 0.25) is 0 Å². The van der Waals surface area contributed by atoms with E-state index in [-0.39, 0.29) is 0 Å². The number of nitrogens with zero attached hydrogens (tertiary/aromatic N) is 4. The van der Waals surface area contributed by atoms with Crippen molar-refractivity contribution in [3.8, 4) is 34.0 Å². The molecule has 1 N–H and O–H groups in total. The Bertz CT molecular complexity index is 1130. The summed E-state index contributed by atoms with van der Waals surface area (Å²) in [5.41, 5.74) is 5.97. The van der Waals surface area contributed by atoms with E-state index in [1.165, 1.54) is 0 Å². The van der Waals surface area contributed by atoms with Gasteiger partial charge in [-0.2, -0.15) is 0 Å². The summed E-state index contributed by atoms with van der Waals surface area (Å²) in [4.78, 5) is 4.53. The van der Waals surface area contributed by atoms with Crippen molar-refractivity contribution in [2.24, 2.45) is 0 Å². The smallest absolute Gasteiger partial charge is 0.182 e. The largest absolute Gasteiger partial charge is 0.491 e. The maximum Gasteiger partial charge on any atom is 0.182 e. The molecule has 0 aliphatic heterocycles. The van der Waals surface area contributed by atoms with Gasteiger partial charge in [-0.15, -0.1) is 5.10 Å². The fourth-order valence-electron chi connectivity index (χ4n) is 3.41. The first-order valence-corrected chi connectivity index (χ1v) is 9.79. The van der Waals surface area contributed by atoms with E-state index in [0.717, 1.165) is 40.1 Å². The summed E-state index contributed by atoms with van der Waals surface area (Å²) in [6, 6.07) is 18.2. The molecule has 2 heterocycles. The van der Waals surface area contributed by atoms with E-state index in [2.05, 4.69) is 62.9 Å². The van der Waals surface area contributed by atoms with Crippen LogP contribution < -0.4 is 9.47 Å².